The van der Waals surface area contributed by atoms with Gasteiger partial charge < -0.3 is 10.1 Å². The van der Waals surface area contributed by atoms with Crippen LogP contribution in [-0.2, 0) is 6.54 Å². The maximum atomic E-state index is 5.56. The van der Waals surface area contributed by atoms with Gasteiger partial charge in [0, 0.05) is 17.8 Å². The molecule has 1 heterocycles. The molecule has 0 atom stereocenters. The van der Waals surface area contributed by atoms with Gasteiger partial charge in [0.1, 0.15) is 5.75 Å². The lowest BCUT2D eigenvalue weighted by molar-refractivity contribution is 0.340. The van der Waals surface area contributed by atoms with Crippen molar-refractivity contribution in [2.24, 2.45) is 5.92 Å². The lowest BCUT2D eigenvalue weighted by Gasteiger charge is -2.11. The SMILES string of the molecule is CCOc1cccc(-c2ccc(CNCC(C)C)c(C)n2)c1. The van der Waals surface area contributed by atoms with Crippen molar-refractivity contribution in [3.63, 3.8) is 0 Å². The second-order valence-corrected chi connectivity index (χ2v) is 5.93. The van der Waals surface area contributed by atoms with E-state index in [4.69, 9.17) is 9.72 Å². The van der Waals surface area contributed by atoms with Crippen molar-refractivity contribution in [2.45, 2.75) is 34.2 Å². The van der Waals surface area contributed by atoms with E-state index >= 15 is 0 Å². The number of benzene rings is 1. The van der Waals surface area contributed by atoms with Gasteiger partial charge in [-0.15, -0.1) is 0 Å². The average Bonchev–Trinajstić information content (AvgIpc) is 2.49. The largest absolute Gasteiger partial charge is 0.494 e. The molecule has 118 valence electrons. The van der Waals surface area contributed by atoms with Crippen LogP contribution in [-0.4, -0.2) is 18.1 Å². The predicted molar refractivity (Wildman–Crippen MR) is 92.1 cm³/mol. The van der Waals surface area contributed by atoms with Crippen LogP contribution in [0.1, 0.15) is 32.0 Å². The maximum Gasteiger partial charge on any atom is 0.119 e. The molecule has 0 bridgehead atoms. The van der Waals surface area contributed by atoms with Gasteiger partial charge in [-0.3, -0.25) is 4.98 Å². The highest BCUT2D eigenvalue weighted by molar-refractivity contribution is 5.61. The highest BCUT2D eigenvalue weighted by Crippen LogP contribution is 2.23. The third-order valence-electron chi connectivity index (χ3n) is 3.50. The molecule has 0 unspecified atom stereocenters. The zero-order valence-corrected chi connectivity index (χ0v) is 14.0. The summed E-state index contributed by atoms with van der Waals surface area (Å²) in [5.41, 5.74) is 4.42. The second-order valence-electron chi connectivity index (χ2n) is 5.93. The van der Waals surface area contributed by atoms with E-state index in [0.717, 1.165) is 35.8 Å². The van der Waals surface area contributed by atoms with Gasteiger partial charge in [-0.2, -0.15) is 0 Å². The summed E-state index contributed by atoms with van der Waals surface area (Å²) < 4.78 is 5.56. The predicted octanol–water partition coefficient (Wildman–Crippen LogP) is 4.20. The summed E-state index contributed by atoms with van der Waals surface area (Å²) in [6.07, 6.45) is 0. The van der Waals surface area contributed by atoms with Gasteiger partial charge in [0.15, 0.2) is 0 Å². The minimum atomic E-state index is 0.661. The molecule has 2 rings (SSSR count). The standard InChI is InChI=1S/C19H26N2O/c1-5-22-18-8-6-7-16(11-18)19-10-9-17(15(4)21-19)13-20-12-14(2)3/h6-11,14,20H,5,12-13H2,1-4H3. The van der Waals surface area contributed by atoms with E-state index in [-0.39, 0.29) is 0 Å². The van der Waals surface area contributed by atoms with Gasteiger partial charge in [0.25, 0.3) is 0 Å². The smallest absolute Gasteiger partial charge is 0.119 e. The Morgan fingerprint density at radius 3 is 2.68 bits per heavy atom. The normalized spacial score (nSPS) is 11.0. The molecular weight excluding hydrogens is 272 g/mol. The van der Waals surface area contributed by atoms with Crippen LogP contribution in [0.3, 0.4) is 0 Å². The highest BCUT2D eigenvalue weighted by atomic mass is 16.5. The van der Waals surface area contributed by atoms with Gasteiger partial charge in [-0.1, -0.05) is 32.0 Å². The molecule has 0 radical (unpaired) electrons. The van der Waals surface area contributed by atoms with Crippen molar-refractivity contribution in [1.29, 1.82) is 0 Å². The van der Waals surface area contributed by atoms with Gasteiger partial charge in [-0.25, -0.2) is 0 Å². The van der Waals surface area contributed by atoms with E-state index in [1.807, 2.05) is 25.1 Å². The van der Waals surface area contributed by atoms with Crippen molar-refractivity contribution in [3.8, 4) is 17.0 Å². The third-order valence-corrected chi connectivity index (χ3v) is 3.50. The molecule has 2 aromatic rings. The Bertz CT molecular complexity index is 608. The van der Waals surface area contributed by atoms with Gasteiger partial charge in [-0.05, 0) is 50.1 Å². The fourth-order valence-corrected chi connectivity index (χ4v) is 2.34. The van der Waals surface area contributed by atoms with Crippen molar-refractivity contribution in [2.75, 3.05) is 13.2 Å². The second kappa shape index (κ2) is 7.95. The van der Waals surface area contributed by atoms with Crippen LogP contribution in [0, 0.1) is 12.8 Å². The van der Waals surface area contributed by atoms with Crippen LogP contribution in [0.25, 0.3) is 11.3 Å². The Morgan fingerprint density at radius 2 is 2.00 bits per heavy atom. The molecule has 0 amide bonds. The molecular formula is C19H26N2O. The zero-order valence-electron chi connectivity index (χ0n) is 14.0. The molecule has 1 aromatic heterocycles. The van der Waals surface area contributed by atoms with E-state index < -0.39 is 0 Å². The molecule has 3 heteroatoms. The number of nitrogens with one attached hydrogen (secondary N) is 1. The fourth-order valence-electron chi connectivity index (χ4n) is 2.34. The number of pyridine rings is 1. The third kappa shape index (κ3) is 4.57. The quantitative estimate of drug-likeness (QED) is 0.832. The van der Waals surface area contributed by atoms with E-state index in [0.29, 0.717) is 12.5 Å². The molecule has 0 aliphatic heterocycles. The average molecular weight is 298 g/mol. The number of aryl methyl sites for hydroxylation is 1. The minimum Gasteiger partial charge on any atom is -0.494 e. The summed E-state index contributed by atoms with van der Waals surface area (Å²) in [7, 11) is 0. The summed E-state index contributed by atoms with van der Waals surface area (Å²) in [4.78, 5) is 4.75. The monoisotopic (exact) mass is 298 g/mol. The number of aromatic nitrogens is 1. The molecule has 0 spiro atoms. The zero-order chi connectivity index (χ0) is 15.9. The minimum absolute atomic E-state index is 0.661. The summed E-state index contributed by atoms with van der Waals surface area (Å²) >= 11 is 0. The molecule has 22 heavy (non-hydrogen) atoms. The summed E-state index contributed by atoms with van der Waals surface area (Å²) in [5, 5.41) is 3.47. The van der Waals surface area contributed by atoms with Gasteiger partial charge in [0.2, 0.25) is 0 Å². The first-order valence-corrected chi connectivity index (χ1v) is 8.00. The fraction of sp³-hybridized carbons (Fsp3) is 0.421. The van der Waals surface area contributed by atoms with Crippen LogP contribution in [0.15, 0.2) is 36.4 Å². The summed E-state index contributed by atoms with van der Waals surface area (Å²) in [6, 6.07) is 12.4. The number of rotatable bonds is 7. The topological polar surface area (TPSA) is 34.1 Å². The highest BCUT2D eigenvalue weighted by Gasteiger charge is 2.05. The van der Waals surface area contributed by atoms with Crippen LogP contribution in [0.2, 0.25) is 0 Å². The first-order valence-electron chi connectivity index (χ1n) is 8.00. The van der Waals surface area contributed by atoms with Crippen LogP contribution >= 0.6 is 0 Å². The molecule has 0 saturated heterocycles. The Hall–Kier alpha value is -1.87. The van der Waals surface area contributed by atoms with Crippen LogP contribution in [0.5, 0.6) is 5.75 Å². The Balaban J connectivity index is 2.13. The summed E-state index contributed by atoms with van der Waals surface area (Å²) in [5.74, 6) is 1.55. The van der Waals surface area contributed by atoms with Crippen molar-refractivity contribution < 1.29 is 4.74 Å². The molecule has 0 saturated carbocycles. The molecule has 0 fully saturated rings. The molecule has 1 aromatic carbocycles. The van der Waals surface area contributed by atoms with Crippen molar-refractivity contribution >= 4 is 0 Å². The van der Waals surface area contributed by atoms with E-state index in [1.165, 1.54) is 5.56 Å². The molecule has 0 aliphatic carbocycles. The molecule has 0 aliphatic rings. The lowest BCUT2D eigenvalue weighted by Crippen LogP contribution is -2.19. The first kappa shape index (κ1) is 16.5. The Morgan fingerprint density at radius 1 is 1.18 bits per heavy atom. The number of hydrogen-bond acceptors (Lipinski definition) is 3. The summed E-state index contributed by atoms with van der Waals surface area (Å²) in [6.45, 7) is 11.1. The number of ether oxygens (including phenoxy) is 1. The first-order chi connectivity index (χ1) is 10.6. The van der Waals surface area contributed by atoms with E-state index in [9.17, 15) is 0 Å². The van der Waals surface area contributed by atoms with Crippen molar-refractivity contribution in [3.05, 3.63) is 47.7 Å². The number of hydrogen-bond donors (Lipinski definition) is 1. The van der Waals surface area contributed by atoms with Gasteiger partial charge in [0.05, 0.1) is 12.3 Å². The van der Waals surface area contributed by atoms with E-state index in [1.54, 1.807) is 0 Å². The molecule has 3 nitrogen and oxygen atoms in total. The van der Waals surface area contributed by atoms with E-state index in [2.05, 4.69) is 44.3 Å². The number of nitrogens with zero attached hydrogens (tertiary/aromatic N) is 1. The Kier molecular flexibility index (Phi) is 5.96. The maximum absolute atomic E-state index is 5.56. The molecule has 1 N–H and O–H groups in total. The Labute approximate surface area is 133 Å². The van der Waals surface area contributed by atoms with Gasteiger partial charge >= 0.3 is 0 Å². The van der Waals surface area contributed by atoms with Crippen molar-refractivity contribution in [1.82, 2.24) is 10.3 Å². The lowest BCUT2D eigenvalue weighted by atomic mass is 10.1. The van der Waals surface area contributed by atoms with Crippen LogP contribution < -0.4 is 10.1 Å². The van der Waals surface area contributed by atoms with Crippen LogP contribution in [0.4, 0.5) is 0 Å².